The van der Waals surface area contributed by atoms with Crippen LogP contribution < -0.4 is 9.46 Å². The van der Waals surface area contributed by atoms with Crippen LogP contribution in [0.15, 0.2) is 47.4 Å². The molecule has 2 aromatic rings. The molecule has 0 bridgehead atoms. The van der Waals surface area contributed by atoms with Crippen molar-refractivity contribution in [3.63, 3.8) is 0 Å². The number of halogens is 2. The first-order valence-electron chi connectivity index (χ1n) is 8.86. The van der Waals surface area contributed by atoms with Crippen molar-refractivity contribution < 1.29 is 36.3 Å². The lowest BCUT2D eigenvalue weighted by molar-refractivity contribution is -0.145. The Kier molecular flexibility index (Phi) is 7.63. The van der Waals surface area contributed by atoms with Crippen LogP contribution in [-0.4, -0.2) is 39.9 Å². The second-order valence-electron chi connectivity index (χ2n) is 6.68. The average Bonchev–Trinajstić information content (AvgIpc) is 2.71. The molecule has 10 heteroatoms. The number of nitrogens with one attached hydrogen (secondary N) is 1. The predicted molar refractivity (Wildman–Crippen MR) is 104 cm³/mol. The zero-order valence-electron chi connectivity index (χ0n) is 16.5. The fourth-order valence-electron chi connectivity index (χ4n) is 2.43. The van der Waals surface area contributed by atoms with Gasteiger partial charge in [0, 0.05) is 5.56 Å². The van der Waals surface area contributed by atoms with Crippen LogP contribution >= 0.6 is 0 Å². The molecule has 0 aliphatic rings. The predicted octanol–water partition coefficient (Wildman–Crippen LogP) is 2.70. The van der Waals surface area contributed by atoms with Gasteiger partial charge in [-0.1, -0.05) is 13.8 Å². The van der Waals surface area contributed by atoms with Gasteiger partial charge in [-0.05, 0) is 48.4 Å². The Hall–Kier alpha value is -2.85. The Labute approximate surface area is 173 Å². The largest absolute Gasteiger partial charge is 0.497 e. The Morgan fingerprint density at radius 3 is 2.20 bits per heavy atom. The second-order valence-corrected chi connectivity index (χ2v) is 8.39. The van der Waals surface area contributed by atoms with Gasteiger partial charge in [-0.3, -0.25) is 9.59 Å². The molecule has 0 saturated heterocycles. The highest BCUT2D eigenvalue weighted by Gasteiger charge is 2.30. The average molecular weight is 441 g/mol. The maximum Gasteiger partial charge on any atom is 0.324 e. The summed E-state index contributed by atoms with van der Waals surface area (Å²) in [6, 6.07) is 6.81. The van der Waals surface area contributed by atoms with Crippen molar-refractivity contribution in [2.45, 2.75) is 24.8 Å². The van der Waals surface area contributed by atoms with Gasteiger partial charge >= 0.3 is 5.97 Å². The molecule has 0 fully saturated rings. The van der Waals surface area contributed by atoms with E-state index < -0.39 is 52.0 Å². The fraction of sp³-hybridized carbons (Fsp3) is 0.300. The summed E-state index contributed by atoms with van der Waals surface area (Å²) in [6.45, 7) is 2.44. The molecular weight excluding hydrogens is 420 g/mol. The van der Waals surface area contributed by atoms with Gasteiger partial charge in [0.25, 0.3) is 0 Å². The van der Waals surface area contributed by atoms with Gasteiger partial charge < -0.3 is 9.47 Å². The van der Waals surface area contributed by atoms with E-state index in [0.29, 0.717) is 11.8 Å². The minimum Gasteiger partial charge on any atom is -0.497 e. The minimum absolute atomic E-state index is 0.0837. The highest BCUT2D eigenvalue weighted by Crippen LogP contribution is 2.17. The quantitative estimate of drug-likeness (QED) is 0.475. The number of benzene rings is 2. The Bertz CT molecular complexity index is 1020. The zero-order chi connectivity index (χ0) is 22.5. The molecule has 0 amide bonds. The van der Waals surface area contributed by atoms with Crippen LogP contribution in [-0.2, 0) is 19.6 Å². The van der Waals surface area contributed by atoms with Gasteiger partial charge in [-0.15, -0.1) is 0 Å². The molecule has 2 rings (SSSR count). The highest BCUT2D eigenvalue weighted by molar-refractivity contribution is 7.89. The van der Waals surface area contributed by atoms with E-state index in [-0.39, 0.29) is 10.5 Å². The molecule has 0 spiro atoms. The number of carbonyl (C=O) groups is 2. The maximum absolute atomic E-state index is 13.2. The minimum atomic E-state index is -4.06. The summed E-state index contributed by atoms with van der Waals surface area (Å²) in [4.78, 5) is 24.4. The van der Waals surface area contributed by atoms with Crippen molar-refractivity contribution in [3.05, 3.63) is 59.7 Å². The number of rotatable bonds is 9. The van der Waals surface area contributed by atoms with Crippen LogP contribution in [0.25, 0.3) is 0 Å². The Morgan fingerprint density at radius 2 is 1.67 bits per heavy atom. The van der Waals surface area contributed by atoms with Crippen LogP contribution in [0.4, 0.5) is 8.78 Å². The molecule has 0 aliphatic carbocycles. The molecule has 0 aromatic heterocycles. The van der Waals surface area contributed by atoms with E-state index in [2.05, 4.69) is 4.72 Å². The van der Waals surface area contributed by atoms with E-state index in [1.807, 2.05) is 0 Å². The van der Waals surface area contributed by atoms with Gasteiger partial charge in [0.15, 0.2) is 24.0 Å². The van der Waals surface area contributed by atoms with Crippen molar-refractivity contribution in [2.75, 3.05) is 13.7 Å². The standard InChI is InChI=1S/C20H21F2NO6S/c1-12(2)19(23-30(26,27)15-7-5-14(28-3)6-8-15)20(25)29-11-18(24)13-4-9-16(21)17(22)10-13/h4-10,12,19,23H,11H2,1-3H3/t19-/m0/s1. The van der Waals surface area contributed by atoms with E-state index in [4.69, 9.17) is 9.47 Å². The van der Waals surface area contributed by atoms with Crippen LogP contribution in [0.2, 0.25) is 0 Å². The number of methoxy groups -OCH3 is 1. The first-order valence-corrected chi connectivity index (χ1v) is 10.3. The van der Waals surface area contributed by atoms with Crippen LogP contribution in [0.3, 0.4) is 0 Å². The van der Waals surface area contributed by atoms with E-state index in [1.165, 1.54) is 31.4 Å². The number of hydrogen-bond acceptors (Lipinski definition) is 6. The van der Waals surface area contributed by atoms with Crippen LogP contribution in [0.1, 0.15) is 24.2 Å². The lowest BCUT2D eigenvalue weighted by Gasteiger charge is -2.20. The lowest BCUT2D eigenvalue weighted by atomic mass is 10.1. The fourth-order valence-corrected chi connectivity index (χ4v) is 3.76. The maximum atomic E-state index is 13.2. The van der Waals surface area contributed by atoms with Gasteiger partial charge in [0.05, 0.1) is 12.0 Å². The number of carbonyl (C=O) groups excluding carboxylic acids is 2. The molecule has 2 aromatic carbocycles. The number of Topliss-reactive ketones (excluding diaryl/α,β-unsaturated/α-hetero) is 1. The third-order valence-corrected chi connectivity index (χ3v) is 5.62. The van der Waals surface area contributed by atoms with Gasteiger partial charge in [-0.25, -0.2) is 17.2 Å². The number of ether oxygens (including phenoxy) is 2. The van der Waals surface area contributed by atoms with E-state index >= 15 is 0 Å². The summed E-state index contributed by atoms with van der Waals surface area (Å²) in [5.74, 6) is -4.09. The highest BCUT2D eigenvalue weighted by atomic mass is 32.2. The first kappa shape index (κ1) is 23.4. The third kappa shape index (κ3) is 5.83. The normalized spacial score (nSPS) is 12.5. The molecule has 1 N–H and O–H groups in total. The van der Waals surface area contributed by atoms with Crippen LogP contribution in [0.5, 0.6) is 5.75 Å². The molecule has 0 heterocycles. The molecule has 0 unspecified atom stereocenters. The van der Waals surface area contributed by atoms with E-state index in [0.717, 1.165) is 12.1 Å². The lowest BCUT2D eigenvalue weighted by Crippen LogP contribution is -2.45. The van der Waals surface area contributed by atoms with Gasteiger partial charge in [0.2, 0.25) is 10.0 Å². The SMILES string of the molecule is COc1ccc(S(=O)(=O)N[C@H](C(=O)OCC(=O)c2ccc(F)c(F)c2)C(C)C)cc1. The summed E-state index contributed by atoms with van der Waals surface area (Å²) in [5.41, 5.74) is -0.179. The molecule has 0 aliphatic heterocycles. The van der Waals surface area contributed by atoms with E-state index in [9.17, 15) is 26.8 Å². The van der Waals surface area contributed by atoms with Crippen molar-refractivity contribution in [2.24, 2.45) is 5.92 Å². The molecule has 30 heavy (non-hydrogen) atoms. The summed E-state index contributed by atoms with van der Waals surface area (Å²) in [7, 11) is -2.62. The summed E-state index contributed by atoms with van der Waals surface area (Å²) >= 11 is 0. The van der Waals surface area contributed by atoms with Gasteiger partial charge in [0.1, 0.15) is 11.8 Å². The van der Waals surface area contributed by atoms with E-state index in [1.54, 1.807) is 13.8 Å². The Morgan fingerprint density at radius 1 is 1.03 bits per heavy atom. The molecular formula is C20H21F2NO6S. The number of hydrogen-bond donors (Lipinski definition) is 1. The van der Waals surface area contributed by atoms with Crippen molar-refractivity contribution in [1.29, 1.82) is 0 Å². The third-order valence-electron chi connectivity index (χ3n) is 4.16. The molecule has 1 atom stereocenters. The zero-order valence-corrected chi connectivity index (χ0v) is 17.3. The Balaban J connectivity index is 2.08. The smallest absolute Gasteiger partial charge is 0.324 e. The first-order chi connectivity index (χ1) is 14.0. The molecule has 7 nitrogen and oxygen atoms in total. The van der Waals surface area contributed by atoms with Crippen LogP contribution in [0, 0.1) is 17.6 Å². The monoisotopic (exact) mass is 441 g/mol. The second kappa shape index (κ2) is 9.77. The summed E-state index contributed by atoms with van der Waals surface area (Å²) < 4.78 is 63.5. The summed E-state index contributed by atoms with van der Waals surface area (Å²) in [5, 5.41) is 0. The van der Waals surface area contributed by atoms with Crippen molar-refractivity contribution in [1.82, 2.24) is 4.72 Å². The van der Waals surface area contributed by atoms with Crippen molar-refractivity contribution in [3.8, 4) is 5.75 Å². The van der Waals surface area contributed by atoms with Gasteiger partial charge in [-0.2, -0.15) is 4.72 Å². The van der Waals surface area contributed by atoms with Crippen molar-refractivity contribution >= 4 is 21.8 Å². The number of sulfonamides is 1. The molecule has 0 radical (unpaired) electrons. The molecule has 0 saturated carbocycles. The number of esters is 1. The summed E-state index contributed by atoms with van der Waals surface area (Å²) in [6.07, 6.45) is 0. The number of ketones is 1. The molecule has 162 valence electrons. The topological polar surface area (TPSA) is 98.8 Å².